The van der Waals surface area contributed by atoms with Crippen molar-refractivity contribution in [1.82, 2.24) is 4.90 Å². The Hall–Kier alpha value is -2.21. The highest BCUT2D eigenvalue weighted by Crippen LogP contribution is 2.31. The lowest BCUT2D eigenvalue weighted by molar-refractivity contribution is 0.0519. The number of halogens is 1. The van der Waals surface area contributed by atoms with Crippen molar-refractivity contribution >= 4 is 21.8 Å². The minimum Gasteiger partial charge on any atom is -0.507 e. The monoisotopic (exact) mass is 377 g/mol. The van der Waals surface area contributed by atoms with Crippen LogP contribution in [0.15, 0.2) is 46.9 Å². The van der Waals surface area contributed by atoms with Gasteiger partial charge in [0.15, 0.2) is 17.6 Å². The van der Waals surface area contributed by atoms with E-state index in [9.17, 15) is 9.90 Å². The van der Waals surface area contributed by atoms with Crippen molar-refractivity contribution in [1.29, 1.82) is 0 Å². The Morgan fingerprint density at radius 1 is 1.30 bits per heavy atom. The highest BCUT2D eigenvalue weighted by Gasteiger charge is 2.25. The molecule has 2 aromatic carbocycles. The molecule has 0 saturated carbocycles. The number of rotatable bonds is 3. The van der Waals surface area contributed by atoms with E-state index in [1.165, 1.54) is 11.0 Å². The second kappa shape index (κ2) is 6.50. The number of nitrogens with zero attached hydrogens (tertiary/aromatic N) is 1. The highest BCUT2D eigenvalue weighted by molar-refractivity contribution is 9.10. The first kappa shape index (κ1) is 15.7. The molecule has 0 fully saturated rings. The molecule has 1 aliphatic heterocycles. The van der Waals surface area contributed by atoms with E-state index in [2.05, 4.69) is 15.9 Å². The van der Waals surface area contributed by atoms with Gasteiger partial charge in [0.1, 0.15) is 12.4 Å². The number of hydrogen-bond acceptors (Lipinski definition) is 4. The van der Waals surface area contributed by atoms with E-state index in [4.69, 9.17) is 9.47 Å². The van der Waals surface area contributed by atoms with Crippen molar-refractivity contribution in [3.05, 3.63) is 52.5 Å². The molecule has 1 aliphatic rings. The van der Waals surface area contributed by atoms with Crippen molar-refractivity contribution in [2.75, 3.05) is 20.2 Å². The summed E-state index contributed by atoms with van der Waals surface area (Å²) >= 11 is 3.30. The molecule has 0 bridgehead atoms. The fourth-order valence-corrected chi connectivity index (χ4v) is 2.79. The fraction of sp³-hybridized carbons (Fsp3) is 0.235. The maximum atomic E-state index is 12.5. The highest BCUT2D eigenvalue weighted by atomic mass is 79.9. The summed E-state index contributed by atoms with van der Waals surface area (Å²) in [5.74, 6) is 1.07. The first-order valence-corrected chi connectivity index (χ1v) is 7.96. The Morgan fingerprint density at radius 3 is 2.83 bits per heavy atom. The number of amides is 1. The molecule has 0 spiro atoms. The molecule has 0 aromatic heterocycles. The lowest BCUT2D eigenvalue weighted by Gasteiger charge is -2.29. The van der Waals surface area contributed by atoms with Crippen LogP contribution in [0.25, 0.3) is 0 Å². The van der Waals surface area contributed by atoms with Gasteiger partial charge in [-0.15, -0.1) is 0 Å². The van der Waals surface area contributed by atoms with Crippen LogP contribution in [-0.4, -0.2) is 42.2 Å². The number of para-hydroxylation sites is 2. The maximum Gasteiger partial charge on any atom is 0.257 e. The van der Waals surface area contributed by atoms with Gasteiger partial charge in [-0.2, -0.15) is 0 Å². The summed E-state index contributed by atoms with van der Waals surface area (Å²) in [5.41, 5.74) is 0.249. The third-order valence-electron chi connectivity index (χ3n) is 3.58. The molecule has 3 rings (SSSR count). The van der Waals surface area contributed by atoms with E-state index < -0.39 is 0 Å². The summed E-state index contributed by atoms with van der Waals surface area (Å²) < 4.78 is 12.2. The van der Waals surface area contributed by atoms with E-state index in [1.54, 1.807) is 19.2 Å². The van der Waals surface area contributed by atoms with Gasteiger partial charge in [0.05, 0.1) is 12.1 Å². The van der Waals surface area contributed by atoms with Crippen LogP contribution in [0.5, 0.6) is 17.2 Å². The topological polar surface area (TPSA) is 59.0 Å². The van der Waals surface area contributed by atoms with Crippen molar-refractivity contribution in [3.8, 4) is 17.2 Å². The van der Waals surface area contributed by atoms with Gasteiger partial charge in [-0.3, -0.25) is 4.79 Å². The van der Waals surface area contributed by atoms with Gasteiger partial charge in [0, 0.05) is 11.5 Å². The number of aromatic hydroxyl groups is 1. The number of fused-ring (bicyclic) bond motifs is 1. The molecule has 1 heterocycles. The van der Waals surface area contributed by atoms with E-state index in [0.29, 0.717) is 24.7 Å². The summed E-state index contributed by atoms with van der Waals surface area (Å²) in [6, 6.07) is 12.2. The molecule has 1 unspecified atom stereocenters. The molecule has 1 amide bonds. The predicted octanol–water partition coefficient (Wildman–Crippen LogP) is 3.07. The van der Waals surface area contributed by atoms with Gasteiger partial charge >= 0.3 is 0 Å². The Balaban J connectivity index is 1.69. The number of benzene rings is 2. The van der Waals surface area contributed by atoms with Gasteiger partial charge in [-0.1, -0.05) is 28.1 Å². The maximum absolute atomic E-state index is 12.5. The van der Waals surface area contributed by atoms with Gasteiger partial charge in [-0.05, 0) is 30.3 Å². The first-order valence-electron chi connectivity index (χ1n) is 7.17. The Kier molecular flexibility index (Phi) is 4.43. The zero-order valence-corrected chi connectivity index (χ0v) is 14.1. The van der Waals surface area contributed by atoms with Crippen LogP contribution in [0.3, 0.4) is 0 Å². The minimum absolute atomic E-state index is 0.0452. The van der Waals surface area contributed by atoms with Crippen LogP contribution in [-0.2, 0) is 0 Å². The molecule has 6 heteroatoms. The third kappa shape index (κ3) is 3.42. The Bertz CT molecular complexity index is 734. The van der Waals surface area contributed by atoms with Crippen molar-refractivity contribution in [3.63, 3.8) is 0 Å². The van der Waals surface area contributed by atoms with Crippen molar-refractivity contribution < 1.29 is 19.4 Å². The van der Waals surface area contributed by atoms with Crippen LogP contribution >= 0.6 is 15.9 Å². The third-order valence-corrected chi connectivity index (χ3v) is 4.07. The number of carbonyl (C=O) groups excluding carboxylic acids is 1. The Labute approximate surface area is 142 Å². The molecule has 2 aromatic rings. The minimum atomic E-state index is -0.272. The molecule has 5 nitrogen and oxygen atoms in total. The largest absolute Gasteiger partial charge is 0.507 e. The molecular formula is C17H16BrNO4. The zero-order chi connectivity index (χ0) is 16.4. The molecular weight excluding hydrogens is 362 g/mol. The van der Waals surface area contributed by atoms with Crippen molar-refractivity contribution in [2.45, 2.75) is 6.10 Å². The van der Waals surface area contributed by atoms with Crippen LogP contribution in [0.2, 0.25) is 0 Å². The smallest absolute Gasteiger partial charge is 0.257 e. The van der Waals surface area contributed by atoms with Gasteiger partial charge in [0.25, 0.3) is 5.91 Å². The molecule has 1 atom stereocenters. The molecule has 23 heavy (non-hydrogen) atoms. The summed E-state index contributed by atoms with van der Waals surface area (Å²) in [6.45, 7) is 0.734. The SMILES string of the molecule is CN(CC1COc2ccccc2O1)C(=O)c1cc(Br)ccc1O. The Morgan fingerprint density at radius 2 is 2.04 bits per heavy atom. The standard InChI is InChI=1S/C17H16BrNO4/c1-19(17(21)13-8-11(18)6-7-14(13)20)9-12-10-22-15-4-2-3-5-16(15)23-12/h2-8,12,20H,9-10H2,1H3. The van der Waals surface area contributed by atoms with Gasteiger partial charge < -0.3 is 19.5 Å². The van der Waals surface area contributed by atoms with E-state index in [1.807, 2.05) is 24.3 Å². The number of ether oxygens (including phenoxy) is 2. The normalized spacial score (nSPS) is 16.0. The molecule has 0 saturated heterocycles. The van der Waals surface area contributed by atoms with Gasteiger partial charge in [0.2, 0.25) is 0 Å². The van der Waals surface area contributed by atoms with Crippen LogP contribution < -0.4 is 9.47 Å². The second-order valence-corrected chi connectivity index (χ2v) is 6.26. The van der Waals surface area contributed by atoms with E-state index in [0.717, 1.165) is 4.47 Å². The molecule has 0 aliphatic carbocycles. The first-order chi connectivity index (χ1) is 11.0. The average Bonchev–Trinajstić information content (AvgIpc) is 2.56. The summed E-state index contributed by atoms with van der Waals surface area (Å²) in [4.78, 5) is 14.0. The quantitative estimate of drug-likeness (QED) is 0.892. The summed E-state index contributed by atoms with van der Waals surface area (Å²) in [5, 5.41) is 9.87. The summed E-state index contributed by atoms with van der Waals surface area (Å²) in [6.07, 6.45) is -0.256. The van der Waals surface area contributed by atoms with Crippen LogP contribution in [0.1, 0.15) is 10.4 Å². The van der Waals surface area contributed by atoms with Gasteiger partial charge in [-0.25, -0.2) is 0 Å². The van der Waals surface area contributed by atoms with Crippen LogP contribution in [0.4, 0.5) is 0 Å². The summed E-state index contributed by atoms with van der Waals surface area (Å²) in [7, 11) is 1.67. The zero-order valence-electron chi connectivity index (χ0n) is 12.5. The fourth-order valence-electron chi connectivity index (χ4n) is 2.43. The number of hydrogen-bond donors (Lipinski definition) is 1. The average molecular weight is 378 g/mol. The van der Waals surface area contributed by atoms with Crippen LogP contribution in [0, 0.1) is 0 Å². The van der Waals surface area contributed by atoms with E-state index >= 15 is 0 Å². The lowest BCUT2D eigenvalue weighted by Crippen LogP contribution is -2.41. The number of phenolic OH excluding ortho intramolecular Hbond substituents is 1. The molecule has 0 radical (unpaired) electrons. The number of carbonyl (C=O) groups is 1. The number of likely N-dealkylation sites (N-methyl/N-ethyl adjacent to an activating group) is 1. The van der Waals surface area contributed by atoms with Crippen molar-refractivity contribution in [2.24, 2.45) is 0 Å². The second-order valence-electron chi connectivity index (χ2n) is 5.34. The van der Waals surface area contributed by atoms with E-state index in [-0.39, 0.29) is 23.3 Å². The lowest BCUT2D eigenvalue weighted by atomic mass is 10.1. The predicted molar refractivity (Wildman–Crippen MR) is 89.1 cm³/mol. The molecule has 120 valence electrons. The molecule has 1 N–H and O–H groups in total. The number of phenols is 1.